The summed E-state index contributed by atoms with van der Waals surface area (Å²) in [7, 11) is -2.87. The van der Waals surface area contributed by atoms with Crippen LogP contribution in [0.2, 0.25) is 5.02 Å². The van der Waals surface area contributed by atoms with Crippen LogP contribution in [0, 0.1) is 12.8 Å². The lowest BCUT2D eigenvalue weighted by atomic mass is 10.0. The number of methoxy groups -OCH3 is 1. The van der Waals surface area contributed by atoms with Crippen LogP contribution in [0.3, 0.4) is 0 Å². The third-order valence-corrected chi connectivity index (χ3v) is 9.59. The number of nitrogens with one attached hydrogen (secondary N) is 1. The molecule has 242 valence electrons. The average Bonchev–Trinajstić information content (AvgIpc) is 3.05. The molecule has 0 aromatic heterocycles. The van der Waals surface area contributed by atoms with Gasteiger partial charge >= 0.3 is 0 Å². The average molecular weight is 662 g/mol. The summed E-state index contributed by atoms with van der Waals surface area (Å²) < 4.78 is 35.0. The van der Waals surface area contributed by atoms with Crippen molar-refractivity contribution in [1.29, 1.82) is 0 Å². The molecule has 0 bridgehead atoms. The first-order valence-electron chi connectivity index (χ1n) is 15.1. The first-order chi connectivity index (χ1) is 22.0. The number of hydrogen-bond donors (Lipinski definition) is 1. The van der Waals surface area contributed by atoms with Crippen molar-refractivity contribution < 1.29 is 22.7 Å². The van der Waals surface area contributed by atoms with Crippen LogP contribution in [0.5, 0.6) is 5.75 Å². The zero-order valence-corrected chi connectivity index (χ0v) is 28.1. The van der Waals surface area contributed by atoms with E-state index in [4.69, 9.17) is 16.3 Å². The van der Waals surface area contributed by atoms with E-state index in [9.17, 15) is 18.0 Å². The van der Waals surface area contributed by atoms with Crippen molar-refractivity contribution in [2.75, 3.05) is 24.5 Å². The highest BCUT2D eigenvalue weighted by Crippen LogP contribution is 2.35. The van der Waals surface area contributed by atoms with Gasteiger partial charge in [-0.25, -0.2) is 8.42 Å². The molecule has 1 atom stereocenters. The van der Waals surface area contributed by atoms with Crippen molar-refractivity contribution in [3.8, 4) is 5.75 Å². The molecule has 0 saturated heterocycles. The lowest BCUT2D eigenvalue weighted by Gasteiger charge is -2.34. The fourth-order valence-electron chi connectivity index (χ4n) is 5.04. The van der Waals surface area contributed by atoms with Crippen LogP contribution < -0.4 is 14.4 Å². The van der Waals surface area contributed by atoms with Gasteiger partial charge in [0.15, 0.2) is 0 Å². The van der Waals surface area contributed by atoms with Gasteiger partial charge in [-0.2, -0.15) is 0 Å². The molecule has 4 aromatic rings. The molecule has 0 aliphatic carbocycles. The predicted octanol–water partition coefficient (Wildman–Crippen LogP) is 6.26. The van der Waals surface area contributed by atoms with Crippen molar-refractivity contribution in [1.82, 2.24) is 10.2 Å². The van der Waals surface area contributed by atoms with Crippen molar-refractivity contribution in [3.05, 3.63) is 125 Å². The van der Waals surface area contributed by atoms with Gasteiger partial charge in [-0.3, -0.25) is 13.9 Å². The smallest absolute Gasteiger partial charge is 0.264 e. The van der Waals surface area contributed by atoms with E-state index in [0.29, 0.717) is 6.54 Å². The molecule has 1 unspecified atom stereocenters. The maximum Gasteiger partial charge on any atom is 0.264 e. The van der Waals surface area contributed by atoms with Crippen LogP contribution in [-0.4, -0.2) is 51.4 Å². The van der Waals surface area contributed by atoms with Gasteiger partial charge in [0.1, 0.15) is 18.3 Å². The third kappa shape index (κ3) is 8.68. The fourth-order valence-corrected chi connectivity index (χ4v) is 6.64. The molecule has 0 aliphatic heterocycles. The van der Waals surface area contributed by atoms with Gasteiger partial charge in [-0.05, 0) is 59.9 Å². The molecule has 0 radical (unpaired) electrons. The summed E-state index contributed by atoms with van der Waals surface area (Å²) >= 11 is 6.36. The summed E-state index contributed by atoms with van der Waals surface area (Å²) in [6.45, 7) is 5.82. The second-order valence-corrected chi connectivity index (χ2v) is 13.7. The van der Waals surface area contributed by atoms with Gasteiger partial charge in [0, 0.05) is 24.5 Å². The molecule has 0 fully saturated rings. The van der Waals surface area contributed by atoms with Crippen LogP contribution in [0.15, 0.2) is 108 Å². The largest absolute Gasteiger partial charge is 0.495 e. The van der Waals surface area contributed by atoms with Crippen molar-refractivity contribution in [3.63, 3.8) is 0 Å². The molecule has 46 heavy (non-hydrogen) atoms. The summed E-state index contributed by atoms with van der Waals surface area (Å²) in [5.41, 5.74) is 2.74. The molecule has 8 nitrogen and oxygen atoms in total. The summed E-state index contributed by atoms with van der Waals surface area (Å²) in [6, 6.07) is 28.6. The Balaban J connectivity index is 1.85. The Morgan fingerprint density at radius 1 is 0.891 bits per heavy atom. The molecular formula is C36H40ClN3O5S. The Kier molecular flexibility index (Phi) is 11.8. The third-order valence-electron chi connectivity index (χ3n) is 7.58. The monoisotopic (exact) mass is 661 g/mol. The molecule has 4 rings (SSSR count). The number of sulfonamides is 1. The molecule has 0 saturated carbocycles. The molecular weight excluding hydrogens is 622 g/mol. The van der Waals surface area contributed by atoms with E-state index in [1.54, 1.807) is 30.3 Å². The summed E-state index contributed by atoms with van der Waals surface area (Å²) in [4.78, 5) is 30.0. The zero-order chi connectivity index (χ0) is 33.3. The number of hydrogen-bond acceptors (Lipinski definition) is 5. The molecule has 0 spiro atoms. The van der Waals surface area contributed by atoms with E-state index in [1.807, 2.05) is 75.4 Å². The minimum absolute atomic E-state index is 0.00852. The van der Waals surface area contributed by atoms with E-state index >= 15 is 0 Å². The summed E-state index contributed by atoms with van der Waals surface area (Å²) in [6.07, 6.45) is 0.230. The van der Waals surface area contributed by atoms with E-state index < -0.39 is 28.5 Å². The standard InChI is InChI=1S/C36H40ClN3O5S/c1-26(2)23-38-36(42)33(21-28-14-7-5-8-15-28)39(24-29-16-12-11-13-27(29)3)35(41)25-40(32-22-30(37)19-20-34(32)45-4)46(43,44)31-17-9-6-10-18-31/h5-20,22,26,33H,21,23-25H2,1-4H3,(H,38,42). The number of nitrogens with zero attached hydrogens (tertiary/aromatic N) is 2. The Hall–Kier alpha value is -4.34. The second-order valence-electron chi connectivity index (χ2n) is 11.4. The number of amides is 2. The quantitative estimate of drug-likeness (QED) is 0.172. The highest BCUT2D eigenvalue weighted by Gasteiger charge is 2.35. The van der Waals surface area contributed by atoms with Gasteiger partial charge in [0.25, 0.3) is 10.0 Å². The normalized spacial score (nSPS) is 12.0. The second kappa shape index (κ2) is 15.8. The fraction of sp³-hybridized carbons (Fsp3) is 0.278. The van der Waals surface area contributed by atoms with E-state index in [1.165, 1.54) is 30.2 Å². The Bertz CT molecular complexity index is 1730. The first kappa shape index (κ1) is 34.5. The minimum Gasteiger partial charge on any atom is -0.495 e. The zero-order valence-electron chi connectivity index (χ0n) is 26.5. The van der Waals surface area contributed by atoms with Gasteiger partial charge in [0.05, 0.1) is 17.7 Å². The van der Waals surface area contributed by atoms with Crippen molar-refractivity contribution in [2.24, 2.45) is 5.92 Å². The number of rotatable bonds is 14. The summed E-state index contributed by atoms with van der Waals surface area (Å²) in [5.74, 6) is -0.482. The number of carbonyl (C=O) groups excluding carboxylic acids is 2. The molecule has 0 heterocycles. The SMILES string of the molecule is COc1ccc(Cl)cc1N(CC(=O)N(Cc1ccccc1C)C(Cc1ccccc1)C(=O)NCC(C)C)S(=O)(=O)c1ccccc1. The van der Waals surface area contributed by atoms with Gasteiger partial charge in [-0.1, -0.05) is 98.2 Å². The lowest BCUT2D eigenvalue weighted by molar-refractivity contribution is -0.140. The van der Waals surface area contributed by atoms with Crippen molar-refractivity contribution in [2.45, 2.75) is 44.7 Å². The first-order valence-corrected chi connectivity index (χ1v) is 16.9. The van der Waals surface area contributed by atoms with Crippen LogP contribution in [-0.2, 0) is 32.6 Å². The maximum absolute atomic E-state index is 14.6. The number of carbonyl (C=O) groups is 2. The highest BCUT2D eigenvalue weighted by molar-refractivity contribution is 7.92. The Morgan fingerprint density at radius 2 is 1.52 bits per heavy atom. The number of halogens is 1. The number of aryl methyl sites for hydroxylation is 1. The minimum atomic E-state index is -4.29. The van der Waals surface area contributed by atoms with E-state index in [-0.39, 0.29) is 46.1 Å². The maximum atomic E-state index is 14.6. The van der Waals surface area contributed by atoms with Crippen LogP contribution in [0.1, 0.15) is 30.5 Å². The summed E-state index contributed by atoms with van der Waals surface area (Å²) in [5, 5.41) is 3.27. The topological polar surface area (TPSA) is 96.0 Å². The van der Waals surface area contributed by atoms with Crippen LogP contribution in [0.4, 0.5) is 5.69 Å². The molecule has 10 heteroatoms. The van der Waals surface area contributed by atoms with Gasteiger partial charge in [0.2, 0.25) is 11.8 Å². The van der Waals surface area contributed by atoms with Gasteiger partial charge < -0.3 is 15.0 Å². The molecule has 4 aromatic carbocycles. The Morgan fingerprint density at radius 3 is 2.15 bits per heavy atom. The van der Waals surface area contributed by atoms with Crippen molar-refractivity contribution >= 4 is 39.1 Å². The van der Waals surface area contributed by atoms with Crippen LogP contribution >= 0.6 is 11.6 Å². The van der Waals surface area contributed by atoms with E-state index in [2.05, 4.69) is 5.32 Å². The molecule has 1 N–H and O–H groups in total. The number of benzene rings is 4. The van der Waals surface area contributed by atoms with Gasteiger partial charge in [-0.15, -0.1) is 0 Å². The number of anilines is 1. The molecule has 2 amide bonds. The highest BCUT2D eigenvalue weighted by atomic mass is 35.5. The van der Waals surface area contributed by atoms with Crippen LogP contribution in [0.25, 0.3) is 0 Å². The lowest BCUT2D eigenvalue weighted by Crippen LogP contribution is -2.53. The molecule has 0 aliphatic rings. The van der Waals surface area contributed by atoms with E-state index in [0.717, 1.165) is 21.0 Å². The Labute approximate surface area is 277 Å². The predicted molar refractivity (Wildman–Crippen MR) is 182 cm³/mol. The number of ether oxygens (including phenoxy) is 1.